The van der Waals surface area contributed by atoms with E-state index < -0.39 is 0 Å². The van der Waals surface area contributed by atoms with Crippen LogP contribution in [0.4, 0.5) is 0 Å². The SMILES string of the molecule is C[C@H](NCCC(=O)NC1CCCCC1)C1=CCCCC1. The van der Waals surface area contributed by atoms with Gasteiger partial charge in [0.25, 0.3) is 0 Å². The predicted molar refractivity (Wildman–Crippen MR) is 83.6 cm³/mol. The lowest BCUT2D eigenvalue weighted by Gasteiger charge is -2.23. The average Bonchev–Trinajstić information content (AvgIpc) is 2.49. The van der Waals surface area contributed by atoms with E-state index >= 15 is 0 Å². The van der Waals surface area contributed by atoms with Gasteiger partial charge in [0.05, 0.1) is 0 Å². The van der Waals surface area contributed by atoms with Crippen molar-refractivity contribution in [2.45, 2.75) is 83.2 Å². The standard InChI is InChI=1S/C17H30N2O/c1-14(15-8-4-2-5-9-15)18-13-12-17(20)19-16-10-6-3-7-11-16/h8,14,16,18H,2-7,9-13H2,1H3,(H,19,20)/t14-/m0/s1. The Morgan fingerprint density at radius 2 is 2.05 bits per heavy atom. The highest BCUT2D eigenvalue weighted by atomic mass is 16.1. The van der Waals surface area contributed by atoms with E-state index in [0.717, 1.165) is 6.54 Å². The van der Waals surface area contributed by atoms with Crippen LogP contribution in [-0.2, 0) is 4.79 Å². The number of carbonyl (C=O) groups excluding carboxylic acids is 1. The Hall–Kier alpha value is -0.830. The zero-order valence-corrected chi connectivity index (χ0v) is 12.9. The molecule has 0 bridgehead atoms. The Labute approximate surface area is 123 Å². The summed E-state index contributed by atoms with van der Waals surface area (Å²) < 4.78 is 0. The molecule has 0 aromatic carbocycles. The topological polar surface area (TPSA) is 41.1 Å². The highest BCUT2D eigenvalue weighted by Crippen LogP contribution is 2.20. The van der Waals surface area contributed by atoms with Gasteiger partial charge in [-0.2, -0.15) is 0 Å². The Morgan fingerprint density at radius 1 is 1.25 bits per heavy atom. The van der Waals surface area contributed by atoms with Gasteiger partial charge in [0, 0.05) is 25.0 Å². The summed E-state index contributed by atoms with van der Waals surface area (Å²) in [6, 6.07) is 0.868. The van der Waals surface area contributed by atoms with Crippen LogP contribution < -0.4 is 10.6 Å². The summed E-state index contributed by atoms with van der Waals surface area (Å²) in [5.74, 6) is 0.217. The van der Waals surface area contributed by atoms with Crippen LogP contribution in [0.15, 0.2) is 11.6 Å². The third-order valence-corrected chi connectivity index (χ3v) is 4.66. The van der Waals surface area contributed by atoms with Crippen LogP contribution in [0.5, 0.6) is 0 Å². The van der Waals surface area contributed by atoms with Crippen LogP contribution in [0, 0.1) is 0 Å². The van der Waals surface area contributed by atoms with Gasteiger partial charge in [-0.05, 0) is 45.4 Å². The number of allylic oxidation sites excluding steroid dienone is 1. The lowest BCUT2D eigenvalue weighted by atomic mass is 9.94. The molecule has 0 spiro atoms. The fraction of sp³-hybridized carbons (Fsp3) is 0.824. The molecule has 20 heavy (non-hydrogen) atoms. The fourth-order valence-corrected chi connectivity index (χ4v) is 3.34. The van der Waals surface area contributed by atoms with E-state index in [0.29, 0.717) is 18.5 Å². The van der Waals surface area contributed by atoms with Crippen LogP contribution in [0.25, 0.3) is 0 Å². The molecule has 2 aliphatic carbocycles. The predicted octanol–water partition coefficient (Wildman–Crippen LogP) is 3.30. The van der Waals surface area contributed by atoms with Gasteiger partial charge in [-0.15, -0.1) is 0 Å². The molecule has 2 aliphatic rings. The molecule has 1 atom stereocenters. The first kappa shape index (κ1) is 15.6. The lowest BCUT2D eigenvalue weighted by molar-refractivity contribution is -0.121. The number of rotatable bonds is 6. The van der Waals surface area contributed by atoms with Gasteiger partial charge >= 0.3 is 0 Å². The molecule has 2 N–H and O–H groups in total. The van der Waals surface area contributed by atoms with Gasteiger partial charge in [-0.1, -0.05) is 30.9 Å². The van der Waals surface area contributed by atoms with Crippen LogP contribution in [0.2, 0.25) is 0 Å². The Morgan fingerprint density at radius 3 is 2.75 bits per heavy atom. The maximum atomic E-state index is 11.9. The maximum Gasteiger partial charge on any atom is 0.221 e. The third kappa shape index (κ3) is 5.28. The molecule has 3 nitrogen and oxygen atoms in total. The zero-order chi connectivity index (χ0) is 14.2. The van der Waals surface area contributed by atoms with E-state index in [1.54, 1.807) is 0 Å². The molecule has 0 heterocycles. The van der Waals surface area contributed by atoms with Crippen molar-refractivity contribution in [3.8, 4) is 0 Å². The molecular weight excluding hydrogens is 248 g/mol. The van der Waals surface area contributed by atoms with Crippen LogP contribution in [0.3, 0.4) is 0 Å². The van der Waals surface area contributed by atoms with Gasteiger partial charge in [-0.3, -0.25) is 4.79 Å². The fourth-order valence-electron chi connectivity index (χ4n) is 3.34. The minimum absolute atomic E-state index is 0.217. The van der Waals surface area contributed by atoms with Crippen LogP contribution in [0.1, 0.15) is 71.1 Å². The molecule has 0 aromatic heterocycles. The summed E-state index contributed by atoms with van der Waals surface area (Å²) >= 11 is 0. The molecule has 1 saturated carbocycles. The van der Waals surface area contributed by atoms with Gasteiger partial charge in [-0.25, -0.2) is 0 Å². The summed E-state index contributed by atoms with van der Waals surface area (Å²) in [7, 11) is 0. The summed E-state index contributed by atoms with van der Waals surface area (Å²) in [6.45, 7) is 3.01. The van der Waals surface area contributed by atoms with E-state index in [1.807, 2.05) is 0 Å². The first-order chi connectivity index (χ1) is 9.75. The number of hydrogen-bond acceptors (Lipinski definition) is 2. The van der Waals surface area contributed by atoms with Crippen LogP contribution >= 0.6 is 0 Å². The smallest absolute Gasteiger partial charge is 0.221 e. The van der Waals surface area contributed by atoms with E-state index in [2.05, 4.69) is 23.6 Å². The Balaban J connectivity index is 1.59. The average molecular weight is 278 g/mol. The Kier molecular flexibility index (Phi) is 6.58. The van der Waals surface area contributed by atoms with E-state index in [9.17, 15) is 4.79 Å². The molecule has 0 radical (unpaired) electrons. The highest BCUT2D eigenvalue weighted by molar-refractivity contribution is 5.76. The molecule has 1 fully saturated rings. The van der Waals surface area contributed by atoms with E-state index in [-0.39, 0.29) is 5.91 Å². The second-order valence-electron chi connectivity index (χ2n) is 6.35. The Bertz CT molecular complexity index is 332. The van der Waals surface area contributed by atoms with Crippen molar-refractivity contribution < 1.29 is 4.79 Å². The number of carbonyl (C=O) groups is 1. The van der Waals surface area contributed by atoms with E-state index in [1.165, 1.54) is 63.4 Å². The molecule has 3 heteroatoms. The minimum atomic E-state index is 0.217. The highest BCUT2D eigenvalue weighted by Gasteiger charge is 2.16. The first-order valence-electron chi connectivity index (χ1n) is 8.47. The second kappa shape index (κ2) is 8.46. The molecule has 0 aliphatic heterocycles. The molecule has 1 amide bonds. The van der Waals surface area contributed by atoms with E-state index in [4.69, 9.17) is 0 Å². The van der Waals surface area contributed by atoms with Crippen molar-refractivity contribution >= 4 is 5.91 Å². The van der Waals surface area contributed by atoms with Crippen molar-refractivity contribution in [2.24, 2.45) is 0 Å². The van der Waals surface area contributed by atoms with Gasteiger partial charge in [0.2, 0.25) is 5.91 Å². The lowest BCUT2D eigenvalue weighted by Crippen LogP contribution is -2.38. The largest absolute Gasteiger partial charge is 0.353 e. The van der Waals surface area contributed by atoms with Crippen molar-refractivity contribution in [2.75, 3.05) is 6.54 Å². The summed E-state index contributed by atoms with van der Waals surface area (Å²) in [6.07, 6.45) is 14.3. The quantitative estimate of drug-likeness (QED) is 0.732. The van der Waals surface area contributed by atoms with Crippen molar-refractivity contribution in [1.29, 1.82) is 0 Å². The number of nitrogens with one attached hydrogen (secondary N) is 2. The summed E-state index contributed by atoms with van der Waals surface area (Å²) in [4.78, 5) is 11.9. The first-order valence-corrected chi connectivity index (χ1v) is 8.47. The van der Waals surface area contributed by atoms with Gasteiger partial charge < -0.3 is 10.6 Å². The number of hydrogen-bond donors (Lipinski definition) is 2. The van der Waals surface area contributed by atoms with Crippen molar-refractivity contribution in [3.63, 3.8) is 0 Å². The molecular formula is C17H30N2O. The van der Waals surface area contributed by atoms with Crippen LogP contribution in [-0.4, -0.2) is 24.5 Å². The minimum Gasteiger partial charge on any atom is -0.353 e. The van der Waals surface area contributed by atoms with Gasteiger partial charge in [0.15, 0.2) is 0 Å². The third-order valence-electron chi connectivity index (χ3n) is 4.66. The second-order valence-corrected chi connectivity index (χ2v) is 6.35. The number of amides is 1. The summed E-state index contributed by atoms with van der Waals surface area (Å²) in [5, 5.41) is 6.67. The molecule has 114 valence electrons. The van der Waals surface area contributed by atoms with Crippen molar-refractivity contribution in [1.82, 2.24) is 10.6 Å². The normalized spacial score (nSPS) is 22.1. The van der Waals surface area contributed by atoms with Gasteiger partial charge in [0.1, 0.15) is 0 Å². The monoisotopic (exact) mass is 278 g/mol. The molecule has 0 saturated heterocycles. The van der Waals surface area contributed by atoms with Crippen molar-refractivity contribution in [3.05, 3.63) is 11.6 Å². The zero-order valence-electron chi connectivity index (χ0n) is 12.9. The maximum absolute atomic E-state index is 11.9. The summed E-state index contributed by atoms with van der Waals surface area (Å²) in [5.41, 5.74) is 1.53. The molecule has 0 aromatic rings. The molecule has 2 rings (SSSR count). The molecule has 0 unspecified atom stereocenters.